The van der Waals surface area contributed by atoms with Gasteiger partial charge in [-0.2, -0.15) is 0 Å². The van der Waals surface area contributed by atoms with Crippen molar-refractivity contribution in [1.82, 2.24) is 0 Å². The zero-order chi connectivity index (χ0) is 15.1. The molecule has 0 heterocycles. The van der Waals surface area contributed by atoms with Crippen molar-refractivity contribution in [3.8, 4) is 0 Å². The molecule has 1 N–H and O–H groups in total. The molecule has 0 spiro atoms. The van der Waals surface area contributed by atoms with E-state index in [-0.39, 0.29) is 22.5 Å². The Bertz CT molecular complexity index is 508. The van der Waals surface area contributed by atoms with Crippen LogP contribution in [0.2, 0.25) is 0 Å². The first kappa shape index (κ1) is 15.1. The van der Waals surface area contributed by atoms with Crippen LogP contribution >= 0.6 is 0 Å². The molecule has 0 aromatic heterocycles. The lowest BCUT2D eigenvalue weighted by atomic mass is 9.50. The number of allylic oxidation sites excluding steroid dienone is 4. The minimum absolute atomic E-state index is 0.0504. The Morgan fingerprint density at radius 2 is 2.05 bits per heavy atom. The van der Waals surface area contributed by atoms with Crippen LogP contribution < -0.4 is 0 Å². The zero-order valence-corrected chi connectivity index (χ0v) is 13.1. The third kappa shape index (κ3) is 2.06. The normalized spacial score (nSPS) is 37.3. The van der Waals surface area contributed by atoms with Gasteiger partial charge < -0.3 is 5.11 Å². The maximum Gasteiger partial charge on any atom is 0.187 e. The molecule has 0 saturated heterocycles. The van der Waals surface area contributed by atoms with Crippen molar-refractivity contribution in [2.45, 2.75) is 53.4 Å². The quantitative estimate of drug-likeness (QED) is 0.426. The van der Waals surface area contributed by atoms with Gasteiger partial charge in [-0.1, -0.05) is 45.9 Å². The average molecular weight is 274 g/mol. The molecule has 0 aromatic rings. The van der Waals surface area contributed by atoms with E-state index in [0.717, 1.165) is 25.5 Å². The Balaban J connectivity index is 2.56. The Morgan fingerprint density at radius 3 is 2.60 bits per heavy atom. The van der Waals surface area contributed by atoms with Crippen molar-refractivity contribution in [3.05, 3.63) is 35.6 Å². The van der Waals surface area contributed by atoms with E-state index < -0.39 is 0 Å². The van der Waals surface area contributed by atoms with E-state index in [1.54, 1.807) is 0 Å². The number of hydrogen-bond acceptors (Lipinski definition) is 2. The summed E-state index contributed by atoms with van der Waals surface area (Å²) in [6.45, 7) is 13.0. The van der Waals surface area contributed by atoms with Crippen LogP contribution in [0.25, 0.3) is 0 Å². The predicted molar refractivity (Wildman–Crippen MR) is 82.5 cm³/mol. The molecule has 2 saturated carbocycles. The molecular weight excluding hydrogens is 248 g/mol. The average Bonchev–Trinajstić information content (AvgIpc) is 2.38. The van der Waals surface area contributed by atoms with E-state index in [1.165, 1.54) is 5.57 Å². The lowest BCUT2D eigenvalue weighted by Gasteiger charge is -2.54. The van der Waals surface area contributed by atoms with Crippen LogP contribution in [-0.4, -0.2) is 10.9 Å². The molecule has 0 aliphatic heterocycles. The molecule has 0 aromatic carbocycles. The van der Waals surface area contributed by atoms with E-state index in [0.29, 0.717) is 17.6 Å². The van der Waals surface area contributed by atoms with Crippen molar-refractivity contribution in [3.63, 3.8) is 0 Å². The zero-order valence-electron chi connectivity index (χ0n) is 13.1. The molecule has 2 rings (SSSR count). The Morgan fingerprint density at radius 1 is 1.40 bits per heavy atom. The predicted octanol–water partition coefficient (Wildman–Crippen LogP) is 4.74. The van der Waals surface area contributed by atoms with Crippen LogP contribution in [0.5, 0.6) is 0 Å². The number of rotatable bonds is 1. The molecule has 20 heavy (non-hydrogen) atoms. The first-order valence-corrected chi connectivity index (χ1v) is 7.55. The van der Waals surface area contributed by atoms with Crippen molar-refractivity contribution in [2.75, 3.05) is 0 Å². The summed E-state index contributed by atoms with van der Waals surface area (Å²) in [7, 11) is 0. The van der Waals surface area contributed by atoms with Crippen LogP contribution in [0.4, 0.5) is 0 Å². The second kappa shape index (κ2) is 4.91. The SMILES string of the molecule is C=C1C(=O)/C(=C\O)CC2(C)/C(=C/CC)C(C)(C)CCC12. The maximum atomic E-state index is 12.2. The highest BCUT2D eigenvalue weighted by Crippen LogP contribution is 2.60. The Hall–Kier alpha value is -1.31. The molecule has 2 unspecified atom stereocenters. The van der Waals surface area contributed by atoms with Gasteiger partial charge in [0.2, 0.25) is 0 Å². The molecule has 0 amide bonds. The van der Waals surface area contributed by atoms with Crippen LogP contribution in [0.1, 0.15) is 53.4 Å². The van der Waals surface area contributed by atoms with Gasteiger partial charge in [-0.25, -0.2) is 0 Å². The highest BCUT2D eigenvalue weighted by molar-refractivity contribution is 6.09. The lowest BCUT2D eigenvalue weighted by Crippen LogP contribution is -2.46. The summed E-state index contributed by atoms with van der Waals surface area (Å²) in [5.41, 5.74) is 2.68. The molecule has 0 bridgehead atoms. The van der Waals surface area contributed by atoms with Gasteiger partial charge in [0.25, 0.3) is 0 Å². The number of ketones is 1. The number of carbonyl (C=O) groups is 1. The minimum atomic E-state index is -0.0860. The maximum absolute atomic E-state index is 12.2. The van der Waals surface area contributed by atoms with Crippen molar-refractivity contribution < 1.29 is 9.90 Å². The van der Waals surface area contributed by atoms with E-state index in [1.807, 2.05) is 0 Å². The monoisotopic (exact) mass is 274 g/mol. The molecule has 110 valence electrons. The second-order valence-corrected chi connectivity index (χ2v) is 7.10. The van der Waals surface area contributed by atoms with Gasteiger partial charge >= 0.3 is 0 Å². The standard InChI is InChI=1S/C18H26O2/c1-6-7-15-17(3,4)9-8-14-12(2)16(20)13(11-19)10-18(14,15)5/h7,11,14,19H,2,6,8-10H2,1,3-5H3/b13-11-,15-7+. The summed E-state index contributed by atoms with van der Waals surface area (Å²) in [4.78, 5) is 12.2. The molecule has 2 nitrogen and oxygen atoms in total. The van der Waals surface area contributed by atoms with Gasteiger partial charge in [0.15, 0.2) is 5.78 Å². The number of fused-ring (bicyclic) bond motifs is 1. The lowest BCUT2D eigenvalue weighted by molar-refractivity contribution is -0.115. The summed E-state index contributed by atoms with van der Waals surface area (Å²) in [5.74, 6) is 0.162. The summed E-state index contributed by atoms with van der Waals surface area (Å²) in [6, 6.07) is 0. The van der Waals surface area contributed by atoms with Crippen LogP contribution in [0.3, 0.4) is 0 Å². The second-order valence-electron chi connectivity index (χ2n) is 7.10. The smallest absolute Gasteiger partial charge is 0.187 e. The molecular formula is C18H26O2. The van der Waals surface area contributed by atoms with Crippen LogP contribution in [0, 0.1) is 16.7 Å². The third-order valence-electron chi connectivity index (χ3n) is 5.30. The summed E-state index contributed by atoms with van der Waals surface area (Å²) in [6.07, 6.45) is 7.03. The topological polar surface area (TPSA) is 37.3 Å². The number of hydrogen-bond donors (Lipinski definition) is 1. The summed E-state index contributed by atoms with van der Waals surface area (Å²) >= 11 is 0. The fourth-order valence-electron chi connectivity index (χ4n) is 4.35. The van der Waals surface area contributed by atoms with Crippen molar-refractivity contribution >= 4 is 5.78 Å². The fourth-order valence-corrected chi connectivity index (χ4v) is 4.35. The van der Waals surface area contributed by atoms with Gasteiger partial charge in [0, 0.05) is 11.0 Å². The first-order valence-electron chi connectivity index (χ1n) is 7.55. The Kier molecular flexibility index (Phi) is 3.70. The summed E-state index contributed by atoms with van der Waals surface area (Å²) in [5, 5.41) is 9.39. The first-order chi connectivity index (χ1) is 9.28. The van der Waals surface area contributed by atoms with Crippen molar-refractivity contribution in [1.29, 1.82) is 0 Å². The van der Waals surface area contributed by atoms with Gasteiger partial charge in [-0.05, 0) is 42.6 Å². The molecule has 2 fully saturated rings. The number of aliphatic hydroxyl groups excluding tert-OH is 1. The van der Waals surface area contributed by atoms with E-state index in [9.17, 15) is 9.90 Å². The molecule has 2 atom stereocenters. The third-order valence-corrected chi connectivity index (χ3v) is 5.30. The minimum Gasteiger partial charge on any atom is -0.515 e. The number of carbonyl (C=O) groups excluding carboxylic acids is 1. The van der Waals surface area contributed by atoms with E-state index in [4.69, 9.17) is 0 Å². The van der Waals surface area contributed by atoms with E-state index >= 15 is 0 Å². The van der Waals surface area contributed by atoms with Crippen LogP contribution in [0.15, 0.2) is 35.6 Å². The molecule has 2 aliphatic carbocycles. The van der Waals surface area contributed by atoms with Gasteiger partial charge in [-0.3, -0.25) is 4.79 Å². The number of aliphatic hydroxyl groups is 1. The summed E-state index contributed by atoms with van der Waals surface area (Å²) < 4.78 is 0. The fraction of sp³-hybridized carbons (Fsp3) is 0.611. The largest absolute Gasteiger partial charge is 0.515 e. The molecule has 2 aliphatic rings. The van der Waals surface area contributed by atoms with Gasteiger partial charge in [-0.15, -0.1) is 0 Å². The van der Waals surface area contributed by atoms with Crippen molar-refractivity contribution in [2.24, 2.45) is 16.7 Å². The van der Waals surface area contributed by atoms with Gasteiger partial charge in [0.1, 0.15) is 0 Å². The van der Waals surface area contributed by atoms with E-state index in [2.05, 4.69) is 40.3 Å². The highest BCUT2D eigenvalue weighted by Gasteiger charge is 2.52. The van der Waals surface area contributed by atoms with Crippen LogP contribution in [-0.2, 0) is 4.79 Å². The number of Topliss-reactive ketones (excluding diaryl/α,β-unsaturated/α-hetero) is 1. The Labute approximate surface area is 122 Å². The van der Waals surface area contributed by atoms with Gasteiger partial charge in [0.05, 0.1) is 6.26 Å². The highest BCUT2D eigenvalue weighted by atomic mass is 16.2. The molecule has 0 radical (unpaired) electrons. The molecule has 2 heteroatoms.